The van der Waals surface area contributed by atoms with Gasteiger partial charge in [-0.3, -0.25) is 4.40 Å². The first-order valence-corrected chi connectivity index (χ1v) is 8.09. The van der Waals surface area contributed by atoms with Gasteiger partial charge in [-0.25, -0.2) is 9.59 Å². The topological polar surface area (TPSA) is 61.9 Å². The van der Waals surface area contributed by atoms with Crippen LogP contribution in [-0.2, 0) is 16.5 Å². The lowest BCUT2D eigenvalue weighted by molar-refractivity contribution is 0.0550. The maximum atomic E-state index is 12.5. The van der Waals surface area contributed by atoms with Gasteiger partial charge in [0.1, 0.15) is 16.9 Å². The molecule has 0 atom stereocenters. The molecule has 0 aliphatic rings. The van der Waals surface area contributed by atoms with Crippen molar-refractivity contribution in [2.24, 2.45) is 7.05 Å². The number of halogens is 1. The zero-order valence-electron chi connectivity index (χ0n) is 14.6. The molecule has 0 aliphatic carbocycles. The molecule has 0 unspecified atom stereocenters. The fourth-order valence-corrected chi connectivity index (χ4v) is 3.11. The van der Waals surface area contributed by atoms with Crippen molar-refractivity contribution in [3.05, 3.63) is 70.6 Å². The first-order valence-electron chi connectivity index (χ1n) is 7.71. The smallest absolute Gasteiger partial charge is 0.356 e. The van der Waals surface area contributed by atoms with Gasteiger partial charge < -0.3 is 14.0 Å². The average molecular weight is 373 g/mol. The molecular weight excluding hydrogens is 356 g/mol. The van der Waals surface area contributed by atoms with Crippen molar-refractivity contribution in [3.63, 3.8) is 0 Å². The summed E-state index contributed by atoms with van der Waals surface area (Å²) in [6.07, 6.45) is 3.47. The van der Waals surface area contributed by atoms with Gasteiger partial charge in [0.2, 0.25) is 0 Å². The average Bonchev–Trinajstić information content (AvgIpc) is 3.18. The van der Waals surface area contributed by atoms with Gasteiger partial charge in [0.25, 0.3) is 0 Å². The van der Waals surface area contributed by atoms with E-state index in [9.17, 15) is 9.59 Å². The Morgan fingerprint density at radius 2 is 1.62 bits per heavy atom. The monoisotopic (exact) mass is 372 g/mol. The summed E-state index contributed by atoms with van der Waals surface area (Å²) in [4.78, 5) is 24.9. The second-order valence-electron chi connectivity index (χ2n) is 5.67. The van der Waals surface area contributed by atoms with E-state index in [1.807, 2.05) is 7.05 Å². The molecule has 0 radical (unpaired) electrons. The molecule has 3 aromatic rings. The van der Waals surface area contributed by atoms with Crippen molar-refractivity contribution in [1.82, 2.24) is 8.97 Å². The van der Waals surface area contributed by atoms with Crippen LogP contribution in [0.15, 0.2) is 43.2 Å². The Labute approximate surface area is 155 Å². The van der Waals surface area contributed by atoms with E-state index in [-0.39, 0.29) is 11.3 Å². The van der Waals surface area contributed by atoms with Crippen molar-refractivity contribution in [3.8, 4) is 0 Å². The summed E-state index contributed by atoms with van der Waals surface area (Å²) in [5, 5.41) is 0.589. The fraction of sp³-hybridized carbons (Fsp3) is 0.158. The Kier molecular flexibility index (Phi) is 4.61. The van der Waals surface area contributed by atoms with E-state index in [0.29, 0.717) is 21.8 Å². The molecule has 26 heavy (non-hydrogen) atoms. The highest BCUT2D eigenvalue weighted by Crippen LogP contribution is 2.34. The van der Waals surface area contributed by atoms with Crippen molar-refractivity contribution in [1.29, 1.82) is 0 Å². The van der Waals surface area contributed by atoms with Crippen molar-refractivity contribution in [2.75, 3.05) is 14.2 Å². The van der Waals surface area contributed by atoms with Crippen LogP contribution in [0.5, 0.6) is 0 Å². The summed E-state index contributed by atoms with van der Waals surface area (Å²) < 4.78 is 13.2. The largest absolute Gasteiger partial charge is 0.465 e. The Morgan fingerprint density at radius 3 is 2.19 bits per heavy atom. The quantitative estimate of drug-likeness (QED) is 0.657. The molecule has 0 saturated carbocycles. The number of benzene rings is 1. The van der Waals surface area contributed by atoms with Crippen LogP contribution in [-0.4, -0.2) is 35.1 Å². The molecule has 2 heterocycles. The minimum absolute atomic E-state index is 0.0973. The van der Waals surface area contributed by atoms with E-state index in [1.165, 1.54) is 14.2 Å². The summed E-state index contributed by atoms with van der Waals surface area (Å²) in [5.41, 5.74) is 2.68. The Bertz CT molecular complexity index is 1030. The van der Waals surface area contributed by atoms with E-state index in [2.05, 4.69) is 6.58 Å². The SMILES string of the molecule is C=C(c1ccc(Cl)cc1)c1c(C(=O)OC)c(C(=O)OC)n2ccn(C)c12. The van der Waals surface area contributed by atoms with E-state index >= 15 is 0 Å². The van der Waals surface area contributed by atoms with E-state index in [1.54, 1.807) is 45.6 Å². The van der Waals surface area contributed by atoms with E-state index in [4.69, 9.17) is 21.1 Å². The minimum atomic E-state index is -0.640. The highest BCUT2D eigenvalue weighted by molar-refractivity contribution is 6.30. The number of hydrogen-bond acceptors (Lipinski definition) is 4. The van der Waals surface area contributed by atoms with Crippen molar-refractivity contribution >= 4 is 34.8 Å². The van der Waals surface area contributed by atoms with Crippen LogP contribution in [0.2, 0.25) is 5.02 Å². The highest BCUT2D eigenvalue weighted by Gasteiger charge is 2.32. The van der Waals surface area contributed by atoms with Gasteiger partial charge in [-0.1, -0.05) is 30.3 Å². The predicted molar refractivity (Wildman–Crippen MR) is 98.6 cm³/mol. The van der Waals surface area contributed by atoms with Crippen LogP contribution in [0.25, 0.3) is 11.2 Å². The van der Waals surface area contributed by atoms with Gasteiger partial charge in [0.15, 0.2) is 0 Å². The zero-order chi connectivity index (χ0) is 19.0. The number of carbonyl (C=O) groups is 2. The Balaban J connectivity index is 2.37. The second kappa shape index (κ2) is 6.72. The molecule has 7 heteroatoms. The molecule has 0 amide bonds. The molecule has 3 rings (SSSR count). The van der Waals surface area contributed by atoms with Crippen LogP contribution in [0.1, 0.15) is 32.0 Å². The first-order chi connectivity index (χ1) is 12.4. The number of aryl methyl sites for hydroxylation is 1. The summed E-state index contributed by atoms with van der Waals surface area (Å²) in [6, 6.07) is 7.07. The molecule has 6 nitrogen and oxygen atoms in total. The second-order valence-corrected chi connectivity index (χ2v) is 6.11. The third-order valence-electron chi connectivity index (χ3n) is 4.22. The van der Waals surface area contributed by atoms with Gasteiger partial charge in [-0.2, -0.15) is 0 Å². The molecule has 0 aliphatic heterocycles. The number of ether oxygens (including phenoxy) is 2. The molecular formula is C19H17ClN2O4. The summed E-state index contributed by atoms with van der Waals surface area (Å²) in [7, 11) is 4.34. The molecule has 0 spiro atoms. The third kappa shape index (κ3) is 2.68. The fourth-order valence-electron chi connectivity index (χ4n) is 2.98. The molecule has 134 valence electrons. The lowest BCUT2D eigenvalue weighted by atomic mass is 9.97. The number of carbonyl (C=O) groups excluding carboxylic acids is 2. The summed E-state index contributed by atoms with van der Waals surface area (Å²) in [5.74, 6) is -1.28. The predicted octanol–water partition coefficient (Wildman–Crippen LogP) is 3.57. The molecule has 0 bridgehead atoms. The van der Waals surface area contributed by atoms with E-state index in [0.717, 1.165) is 5.56 Å². The van der Waals surface area contributed by atoms with Gasteiger partial charge in [-0.05, 0) is 23.3 Å². The van der Waals surface area contributed by atoms with Crippen molar-refractivity contribution in [2.45, 2.75) is 0 Å². The van der Waals surface area contributed by atoms with Crippen LogP contribution in [0.4, 0.5) is 0 Å². The number of hydrogen-bond donors (Lipinski definition) is 0. The van der Waals surface area contributed by atoms with Crippen molar-refractivity contribution < 1.29 is 19.1 Å². The Morgan fingerprint density at radius 1 is 1.00 bits per heavy atom. The number of aromatic nitrogens is 2. The summed E-state index contributed by atoms with van der Waals surface area (Å²) in [6.45, 7) is 4.14. The molecule has 2 aromatic heterocycles. The maximum Gasteiger partial charge on any atom is 0.356 e. The lowest BCUT2D eigenvalue weighted by Crippen LogP contribution is -2.13. The van der Waals surface area contributed by atoms with Gasteiger partial charge in [0, 0.05) is 30.0 Å². The van der Waals surface area contributed by atoms with Crippen LogP contribution in [0.3, 0.4) is 0 Å². The standard InChI is InChI=1S/C19H17ClN2O4/c1-11(12-5-7-13(20)8-6-12)14-15(18(23)25-3)16(19(24)26-4)22-10-9-21(2)17(14)22/h5-10H,1H2,2-4H3. The normalized spacial score (nSPS) is 10.8. The van der Waals surface area contributed by atoms with Gasteiger partial charge in [0.05, 0.1) is 14.2 Å². The molecule has 0 saturated heterocycles. The first kappa shape index (κ1) is 17.8. The molecule has 0 fully saturated rings. The number of nitrogens with zero attached hydrogens (tertiary/aromatic N) is 2. The number of esters is 2. The number of fused-ring (bicyclic) bond motifs is 1. The minimum Gasteiger partial charge on any atom is -0.465 e. The van der Waals surface area contributed by atoms with E-state index < -0.39 is 11.9 Å². The van der Waals surface area contributed by atoms with Crippen LogP contribution in [0, 0.1) is 0 Å². The lowest BCUT2D eigenvalue weighted by Gasteiger charge is -2.09. The molecule has 0 N–H and O–H groups in total. The highest BCUT2D eigenvalue weighted by atomic mass is 35.5. The molecule has 1 aromatic carbocycles. The zero-order valence-corrected chi connectivity index (χ0v) is 15.3. The van der Waals surface area contributed by atoms with Crippen LogP contribution >= 0.6 is 11.6 Å². The maximum absolute atomic E-state index is 12.5. The Hall–Kier alpha value is -2.99. The van der Waals surface area contributed by atoms with Gasteiger partial charge >= 0.3 is 11.9 Å². The third-order valence-corrected chi connectivity index (χ3v) is 4.47. The van der Waals surface area contributed by atoms with Gasteiger partial charge in [-0.15, -0.1) is 0 Å². The number of rotatable bonds is 4. The van der Waals surface area contributed by atoms with Crippen LogP contribution < -0.4 is 0 Å². The number of methoxy groups -OCH3 is 2. The number of imidazole rings is 1. The summed E-state index contributed by atoms with van der Waals surface area (Å²) >= 11 is 5.96.